The third-order valence-electron chi connectivity index (χ3n) is 2.44. The van der Waals surface area contributed by atoms with Crippen molar-refractivity contribution in [3.63, 3.8) is 0 Å². The van der Waals surface area contributed by atoms with Gasteiger partial charge in [0, 0.05) is 0 Å². The summed E-state index contributed by atoms with van der Waals surface area (Å²) < 4.78 is 24.7. The molecule has 1 atom stereocenters. The van der Waals surface area contributed by atoms with Crippen molar-refractivity contribution in [2.24, 2.45) is 0 Å². The van der Waals surface area contributed by atoms with Crippen LogP contribution in [0.15, 0.2) is 0 Å². The van der Waals surface area contributed by atoms with Crippen LogP contribution in [-0.4, -0.2) is 40.6 Å². The molecule has 6 heteroatoms. The smallest absolute Gasteiger partial charge is 0.287 e. The van der Waals surface area contributed by atoms with E-state index in [2.05, 4.69) is 5.32 Å². The van der Waals surface area contributed by atoms with E-state index in [9.17, 15) is 13.6 Å². The van der Waals surface area contributed by atoms with E-state index >= 15 is 0 Å². The average molecular weight is 239 g/mol. The molecule has 0 radical (unpaired) electrons. The van der Waals surface area contributed by atoms with Crippen LogP contribution in [0.3, 0.4) is 0 Å². The molecule has 0 bridgehead atoms. The molecule has 1 saturated heterocycles. The summed E-state index contributed by atoms with van der Waals surface area (Å²) >= 11 is 1.49. The van der Waals surface area contributed by atoms with E-state index in [-0.39, 0.29) is 5.91 Å². The minimum atomic E-state index is -3.23. The van der Waals surface area contributed by atoms with Gasteiger partial charge in [-0.15, -0.1) is 11.8 Å². The molecule has 88 valence electrons. The molecule has 1 aliphatic rings. The molecule has 0 aromatic rings. The number of thioether (sulfide) groups is 1. The second-order valence-electron chi connectivity index (χ2n) is 3.88. The van der Waals surface area contributed by atoms with Gasteiger partial charge >= 0.3 is 0 Å². The Kier molecular flexibility index (Phi) is 3.94. The fourth-order valence-electron chi connectivity index (χ4n) is 1.41. The van der Waals surface area contributed by atoms with Crippen molar-refractivity contribution < 1.29 is 18.7 Å². The first-order valence-corrected chi connectivity index (χ1v) is 5.79. The van der Waals surface area contributed by atoms with Crippen molar-refractivity contribution in [2.45, 2.75) is 30.4 Å². The van der Waals surface area contributed by atoms with Gasteiger partial charge in [0.2, 0.25) is 5.91 Å². The summed E-state index contributed by atoms with van der Waals surface area (Å²) in [6.07, 6.45) is 1.65. The zero-order valence-corrected chi connectivity index (χ0v) is 9.37. The van der Waals surface area contributed by atoms with Crippen molar-refractivity contribution in [2.75, 3.05) is 18.9 Å². The highest BCUT2D eigenvalue weighted by atomic mass is 32.2. The molecule has 3 nitrogen and oxygen atoms in total. The number of carbonyl (C=O) groups excluding carboxylic acids is 1. The number of alkyl halides is 2. The Morgan fingerprint density at radius 2 is 2.33 bits per heavy atom. The lowest BCUT2D eigenvalue weighted by molar-refractivity contribution is -0.126. The largest absolute Gasteiger partial charge is 0.390 e. The number of aliphatic hydroxyl groups excluding tert-OH is 1. The number of carbonyl (C=O) groups is 1. The molecule has 1 amide bonds. The highest BCUT2D eigenvalue weighted by Crippen LogP contribution is 2.37. The zero-order valence-electron chi connectivity index (χ0n) is 8.56. The van der Waals surface area contributed by atoms with Gasteiger partial charge in [0.15, 0.2) is 0 Å². The minimum Gasteiger partial charge on any atom is -0.390 e. The van der Waals surface area contributed by atoms with Gasteiger partial charge in [-0.25, -0.2) is 8.78 Å². The third-order valence-corrected chi connectivity index (χ3v) is 3.96. The summed E-state index contributed by atoms with van der Waals surface area (Å²) in [5.74, 6) is -2.70. The SMILES string of the molecule is CC1(C(=O)NCC(F)(F)CO)CCCS1. The molecule has 0 saturated carbocycles. The van der Waals surface area contributed by atoms with E-state index < -0.39 is 23.8 Å². The van der Waals surface area contributed by atoms with Gasteiger partial charge in [-0.05, 0) is 25.5 Å². The molecule has 1 aliphatic heterocycles. The second kappa shape index (κ2) is 4.65. The highest BCUT2D eigenvalue weighted by molar-refractivity contribution is 8.01. The lowest BCUT2D eigenvalue weighted by Gasteiger charge is -2.23. The van der Waals surface area contributed by atoms with Crippen LogP contribution in [0.1, 0.15) is 19.8 Å². The first kappa shape index (κ1) is 12.7. The van der Waals surface area contributed by atoms with Crippen molar-refractivity contribution >= 4 is 17.7 Å². The number of hydrogen-bond acceptors (Lipinski definition) is 3. The van der Waals surface area contributed by atoms with Crippen molar-refractivity contribution in [3.8, 4) is 0 Å². The summed E-state index contributed by atoms with van der Waals surface area (Å²) in [5, 5.41) is 10.5. The topological polar surface area (TPSA) is 49.3 Å². The number of amides is 1. The van der Waals surface area contributed by atoms with E-state index in [1.54, 1.807) is 6.92 Å². The van der Waals surface area contributed by atoms with Gasteiger partial charge < -0.3 is 10.4 Å². The van der Waals surface area contributed by atoms with Crippen LogP contribution in [-0.2, 0) is 4.79 Å². The fraction of sp³-hybridized carbons (Fsp3) is 0.889. The van der Waals surface area contributed by atoms with Gasteiger partial charge in [0.1, 0.15) is 6.61 Å². The Hall–Kier alpha value is -0.360. The van der Waals surface area contributed by atoms with E-state index in [1.165, 1.54) is 11.8 Å². The second-order valence-corrected chi connectivity index (χ2v) is 5.48. The van der Waals surface area contributed by atoms with Crippen LogP contribution in [0, 0.1) is 0 Å². The molecule has 1 fully saturated rings. The summed E-state index contributed by atoms with van der Waals surface area (Å²) in [5.41, 5.74) is 0. The van der Waals surface area contributed by atoms with Gasteiger partial charge in [-0.3, -0.25) is 4.79 Å². The van der Waals surface area contributed by atoms with Gasteiger partial charge in [0.05, 0.1) is 11.3 Å². The molecule has 15 heavy (non-hydrogen) atoms. The Labute approximate surface area is 91.6 Å². The summed E-state index contributed by atoms with van der Waals surface area (Å²) in [6, 6.07) is 0. The van der Waals surface area contributed by atoms with Gasteiger partial charge in [-0.2, -0.15) is 0 Å². The van der Waals surface area contributed by atoms with Crippen LogP contribution >= 0.6 is 11.8 Å². The van der Waals surface area contributed by atoms with Crippen molar-refractivity contribution in [1.29, 1.82) is 0 Å². The van der Waals surface area contributed by atoms with Crippen LogP contribution in [0.5, 0.6) is 0 Å². The Morgan fingerprint density at radius 3 is 2.80 bits per heavy atom. The van der Waals surface area contributed by atoms with E-state index in [0.29, 0.717) is 6.42 Å². The number of rotatable bonds is 4. The molecular formula is C9H15F2NO2S. The Morgan fingerprint density at radius 1 is 1.67 bits per heavy atom. The molecule has 0 aromatic heterocycles. The quantitative estimate of drug-likeness (QED) is 0.770. The lowest BCUT2D eigenvalue weighted by Crippen LogP contribution is -2.46. The molecule has 0 aromatic carbocycles. The lowest BCUT2D eigenvalue weighted by atomic mass is 10.0. The van der Waals surface area contributed by atoms with Crippen LogP contribution in [0.25, 0.3) is 0 Å². The molecule has 1 unspecified atom stereocenters. The molecule has 0 aliphatic carbocycles. The highest BCUT2D eigenvalue weighted by Gasteiger charge is 2.38. The third kappa shape index (κ3) is 3.31. The molecule has 1 rings (SSSR count). The first-order valence-electron chi connectivity index (χ1n) is 4.81. The molecule has 0 spiro atoms. The molecule has 2 N–H and O–H groups in total. The molecular weight excluding hydrogens is 224 g/mol. The van der Waals surface area contributed by atoms with Crippen LogP contribution in [0.2, 0.25) is 0 Å². The number of hydrogen-bond donors (Lipinski definition) is 2. The monoisotopic (exact) mass is 239 g/mol. The van der Waals surface area contributed by atoms with E-state index in [4.69, 9.17) is 5.11 Å². The first-order chi connectivity index (χ1) is 6.90. The standard InChI is InChI=1S/C9H15F2NO2S/c1-8(3-2-4-15-8)7(14)12-5-9(10,11)6-13/h13H,2-6H2,1H3,(H,12,14). The van der Waals surface area contributed by atoms with Crippen LogP contribution < -0.4 is 5.32 Å². The Balaban J connectivity index is 2.42. The van der Waals surface area contributed by atoms with E-state index in [0.717, 1.165) is 12.2 Å². The number of halogens is 2. The predicted octanol–water partition coefficient (Wildman–Crippen LogP) is 1.02. The Bertz CT molecular complexity index is 242. The van der Waals surface area contributed by atoms with Crippen molar-refractivity contribution in [3.05, 3.63) is 0 Å². The van der Waals surface area contributed by atoms with E-state index in [1.807, 2.05) is 0 Å². The summed E-state index contributed by atoms with van der Waals surface area (Å²) in [6.45, 7) is -0.271. The zero-order chi connectivity index (χ0) is 11.5. The van der Waals surface area contributed by atoms with Crippen molar-refractivity contribution in [1.82, 2.24) is 5.32 Å². The maximum atomic E-state index is 12.7. The summed E-state index contributed by atoms with van der Waals surface area (Å²) in [4.78, 5) is 11.6. The predicted molar refractivity (Wildman–Crippen MR) is 55.1 cm³/mol. The number of aliphatic hydroxyl groups is 1. The van der Waals surface area contributed by atoms with Gasteiger partial charge in [0.25, 0.3) is 5.92 Å². The summed E-state index contributed by atoms with van der Waals surface area (Å²) in [7, 11) is 0. The number of nitrogens with one attached hydrogen (secondary N) is 1. The van der Waals surface area contributed by atoms with Crippen LogP contribution in [0.4, 0.5) is 8.78 Å². The maximum absolute atomic E-state index is 12.7. The average Bonchev–Trinajstić information content (AvgIpc) is 2.63. The fourth-order valence-corrected chi connectivity index (χ4v) is 2.64. The normalized spacial score (nSPS) is 26.7. The molecule has 1 heterocycles. The minimum absolute atomic E-state index is 0.363. The van der Waals surface area contributed by atoms with Gasteiger partial charge in [-0.1, -0.05) is 0 Å². The maximum Gasteiger partial charge on any atom is 0.287 e.